The smallest absolute Gasteiger partial charge is 0.247 e. The summed E-state index contributed by atoms with van der Waals surface area (Å²) in [5.41, 5.74) is 0.891. The highest BCUT2D eigenvalue weighted by Gasteiger charge is 2.23. The van der Waals surface area contributed by atoms with Crippen molar-refractivity contribution in [3.63, 3.8) is 0 Å². The van der Waals surface area contributed by atoms with E-state index in [2.05, 4.69) is 31.0 Å². The Morgan fingerprint density at radius 2 is 2.10 bits per heavy atom. The number of benzene rings is 1. The van der Waals surface area contributed by atoms with Gasteiger partial charge in [-0.3, -0.25) is 4.90 Å². The molecular formula is C15H16BrN3O2. The van der Waals surface area contributed by atoms with Crippen LogP contribution in [0.3, 0.4) is 0 Å². The molecule has 1 aliphatic rings. The summed E-state index contributed by atoms with van der Waals surface area (Å²) in [4.78, 5) is 13.2. The Kier molecular flexibility index (Phi) is 4.45. The molecule has 1 fully saturated rings. The van der Waals surface area contributed by atoms with Crippen LogP contribution in [-0.2, 0) is 11.3 Å². The van der Waals surface area contributed by atoms with Gasteiger partial charge in [0.2, 0.25) is 11.8 Å². The first-order valence-corrected chi connectivity index (χ1v) is 7.83. The van der Waals surface area contributed by atoms with Gasteiger partial charge in [0.15, 0.2) is 0 Å². The van der Waals surface area contributed by atoms with E-state index < -0.39 is 0 Å². The number of aromatic nitrogens is 2. The van der Waals surface area contributed by atoms with Crippen molar-refractivity contribution in [1.82, 2.24) is 15.1 Å². The second-order valence-corrected chi connectivity index (χ2v) is 6.09. The highest BCUT2D eigenvalue weighted by Crippen LogP contribution is 2.22. The predicted octanol–water partition coefficient (Wildman–Crippen LogP) is 3.05. The van der Waals surface area contributed by atoms with E-state index in [9.17, 15) is 4.79 Å². The Balaban J connectivity index is 1.72. The first-order valence-electron chi connectivity index (χ1n) is 7.04. The van der Waals surface area contributed by atoms with Crippen LogP contribution in [0.5, 0.6) is 0 Å². The Labute approximate surface area is 131 Å². The molecule has 21 heavy (non-hydrogen) atoms. The standard InChI is InChI=1S/C15H16BrN3O2/c16-12-6-4-11(5-7-12)15-18-17-14(21-15)9-19-8-2-1-3-13(19)10-20/h4-7,10,13H,1-3,8-9H2. The average Bonchev–Trinajstić information content (AvgIpc) is 2.97. The maximum atomic E-state index is 11.1. The summed E-state index contributed by atoms with van der Waals surface area (Å²) in [5, 5.41) is 8.18. The van der Waals surface area contributed by atoms with E-state index in [1.807, 2.05) is 24.3 Å². The molecule has 6 heteroatoms. The van der Waals surface area contributed by atoms with Crippen molar-refractivity contribution < 1.29 is 9.21 Å². The molecule has 110 valence electrons. The molecule has 1 saturated heterocycles. The third-order valence-electron chi connectivity index (χ3n) is 3.72. The van der Waals surface area contributed by atoms with Crippen molar-refractivity contribution in [2.45, 2.75) is 31.8 Å². The van der Waals surface area contributed by atoms with Crippen LogP contribution in [0.4, 0.5) is 0 Å². The molecule has 0 aliphatic carbocycles. The average molecular weight is 350 g/mol. The normalized spacial score (nSPS) is 19.6. The van der Waals surface area contributed by atoms with Gasteiger partial charge in [0.1, 0.15) is 6.29 Å². The van der Waals surface area contributed by atoms with Crippen LogP contribution in [0.15, 0.2) is 33.2 Å². The van der Waals surface area contributed by atoms with Crippen molar-refractivity contribution >= 4 is 22.2 Å². The zero-order chi connectivity index (χ0) is 14.7. The van der Waals surface area contributed by atoms with E-state index in [1.54, 1.807) is 0 Å². The molecule has 3 rings (SSSR count). The molecule has 0 N–H and O–H groups in total. The largest absolute Gasteiger partial charge is 0.419 e. The third kappa shape index (κ3) is 3.39. The lowest BCUT2D eigenvalue weighted by Crippen LogP contribution is -2.39. The highest BCUT2D eigenvalue weighted by atomic mass is 79.9. The van der Waals surface area contributed by atoms with Gasteiger partial charge in [-0.1, -0.05) is 22.4 Å². The number of hydrogen-bond donors (Lipinski definition) is 0. The Morgan fingerprint density at radius 1 is 1.29 bits per heavy atom. The van der Waals surface area contributed by atoms with Gasteiger partial charge in [0.05, 0.1) is 12.6 Å². The van der Waals surface area contributed by atoms with Crippen LogP contribution in [0.25, 0.3) is 11.5 Å². The van der Waals surface area contributed by atoms with Crippen LogP contribution in [0.2, 0.25) is 0 Å². The Bertz CT molecular complexity index is 612. The lowest BCUT2D eigenvalue weighted by molar-refractivity contribution is -0.113. The van der Waals surface area contributed by atoms with Gasteiger partial charge in [-0.25, -0.2) is 0 Å². The molecule has 0 amide bonds. The molecular weight excluding hydrogens is 334 g/mol. The molecule has 1 aromatic carbocycles. The maximum Gasteiger partial charge on any atom is 0.247 e. The van der Waals surface area contributed by atoms with Crippen LogP contribution in [-0.4, -0.2) is 34.0 Å². The second-order valence-electron chi connectivity index (χ2n) is 5.18. The SMILES string of the molecule is O=CC1CCCCN1Cc1nnc(-c2ccc(Br)cc2)o1. The fourth-order valence-corrected chi connectivity index (χ4v) is 2.83. The molecule has 0 spiro atoms. The number of aldehydes is 1. The predicted molar refractivity (Wildman–Crippen MR) is 81.5 cm³/mol. The number of piperidine rings is 1. The number of rotatable bonds is 4. The summed E-state index contributed by atoms with van der Waals surface area (Å²) in [7, 11) is 0. The second kappa shape index (κ2) is 6.49. The number of carbonyl (C=O) groups excluding carboxylic acids is 1. The molecule has 2 heterocycles. The van der Waals surface area contributed by atoms with Gasteiger partial charge < -0.3 is 9.21 Å². The zero-order valence-corrected chi connectivity index (χ0v) is 13.1. The monoisotopic (exact) mass is 349 g/mol. The van der Waals surface area contributed by atoms with Gasteiger partial charge in [0, 0.05) is 10.0 Å². The molecule has 0 bridgehead atoms. The Hall–Kier alpha value is -1.53. The van der Waals surface area contributed by atoms with Crippen LogP contribution in [0, 0.1) is 0 Å². The summed E-state index contributed by atoms with van der Waals surface area (Å²) in [6.45, 7) is 1.44. The van der Waals surface area contributed by atoms with E-state index >= 15 is 0 Å². The van der Waals surface area contributed by atoms with Gasteiger partial charge in [0.25, 0.3) is 0 Å². The lowest BCUT2D eigenvalue weighted by Gasteiger charge is -2.30. The summed E-state index contributed by atoms with van der Waals surface area (Å²) in [5.74, 6) is 1.07. The van der Waals surface area contributed by atoms with Gasteiger partial charge >= 0.3 is 0 Å². The maximum absolute atomic E-state index is 11.1. The fraction of sp³-hybridized carbons (Fsp3) is 0.400. The molecule has 5 nitrogen and oxygen atoms in total. The van der Waals surface area contributed by atoms with Crippen LogP contribution in [0.1, 0.15) is 25.2 Å². The molecule has 1 unspecified atom stereocenters. The zero-order valence-electron chi connectivity index (χ0n) is 11.5. The number of carbonyl (C=O) groups is 1. The van der Waals surface area contributed by atoms with E-state index in [0.29, 0.717) is 18.3 Å². The first kappa shape index (κ1) is 14.4. The van der Waals surface area contributed by atoms with Crippen molar-refractivity contribution in [2.75, 3.05) is 6.54 Å². The van der Waals surface area contributed by atoms with E-state index in [-0.39, 0.29) is 6.04 Å². The first-order chi connectivity index (χ1) is 10.3. The van der Waals surface area contributed by atoms with E-state index in [1.165, 1.54) is 0 Å². The molecule has 1 aliphatic heterocycles. The van der Waals surface area contributed by atoms with Gasteiger partial charge in [-0.05, 0) is 43.7 Å². The van der Waals surface area contributed by atoms with Crippen molar-refractivity contribution in [2.24, 2.45) is 0 Å². The molecule has 1 atom stereocenters. The minimum Gasteiger partial charge on any atom is -0.419 e. The quantitative estimate of drug-likeness (QED) is 0.794. The lowest BCUT2D eigenvalue weighted by atomic mass is 10.0. The van der Waals surface area contributed by atoms with Gasteiger partial charge in [-0.2, -0.15) is 0 Å². The number of halogens is 1. The molecule has 0 radical (unpaired) electrons. The van der Waals surface area contributed by atoms with Crippen LogP contribution >= 0.6 is 15.9 Å². The fourth-order valence-electron chi connectivity index (χ4n) is 2.57. The Morgan fingerprint density at radius 3 is 2.86 bits per heavy atom. The van der Waals surface area contributed by atoms with Crippen LogP contribution < -0.4 is 0 Å². The van der Waals surface area contributed by atoms with Gasteiger partial charge in [-0.15, -0.1) is 10.2 Å². The molecule has 2 aromatic rings. The van der Waals surface area contributed by atoms with Crippen molar-refractivity contribution in [1.29, 1.82) is 0 Å². The van der Waals surface area contributed by atoms with E-state index in [4.69, 9.17) is 4.42 Å². The third-order valence-corrected chi connectivity index (χ3v) is 4.25. The minimum absolute atomic E-state index is 0.0261. The highest BCUT2D eigenvalue weighted by molar-refractivity contribution is 9.10. The summed E-state index contributed by atoms with van der Waals surface area (Å²) in [6, 6.07) is 7.70. The summed E-state index contributed by atoms with van der Waals surface area (Å²) < 4.78 is 6.72. The number of hydrogen-bond acceptors (Lipinski definition) is 5. The van der Waals surface area contributed by atoms with Crippen molar-refractivity contribution in [3.8, 4) is 11.5 Å². The molecule has 1 aromatic heterocycles. The summed E-state index contributed by atoms with van der Waals surface area (Å²) >= 11 is 3.40. The molecule has 0 saturated carbocycles. The minimum atomic E-state index is -0.0261. The number of nitrogens with zero attached hydrogens (tertiary/aromatic N) is 3. The summed E-state index contributed by atoms with van der Waals surface area (Å²) in [6.07, 6.45) is 4.15. The van der Waals surface area contributed by atoms with E-state index in [0.717, 1.165) is 42.1 Å². The number of likely N-dealkylation sites (tertiary alicyclic amines) is 1. The van der Waals surface area contributed by atoms with Crippen molar-refractivity contribution in [3.05, 3.63) is 34.6 Å². The topological polar surface area (TPSA) is 59.2 Å².